The third-order valence-electron chi connectivity index (χ3n) is 3.10. The molecule has 0 saturated heterocycles. The molecule has 0 saturated carbocycles. The van der Waals surface area contributed by atoms with Gasteiger partial charge in [0, 0.05) is 30.5 Å². The van der Waals surface area contributed by atoms with Crippen LogP contribution in [0.25, 0.3) is 0 Å². The van der Waals surface area contributed by atoms with Crippen LogP contribution >= 0.6 is 0 Å². The Bertz CT molecular complexity index is 755. The van der Waals surface area contributed by atoms with Gasteiger partial charge >= 0.3 is 6.09 Å². The standard InChI is InChI=1S/C19H24N4O4/c1-13(24)14-5-7-16(8-6-14)23-17(25)15(11-20)12-21-9-10-22-18(26)27-19(2,3)4/h5-8,12,21H,9-10H2,1-4H3,(H,22,26)(H,23,25)/b15-12-. The van der Waals surface area contributed by atoms with Gasteiger partial charge in [0.05, 0.1) is 0 Å². The van der Waals surface area contributed by atoms with Crippen LogP contribution in [-0.2, 0) is 9.53 Å². The molecule has 0 unspecified atom stereocenters. The Kier molecular flexibility index (Phi) is 8.01. The van der Waals surface area contributed by atoms with Crippen molar-refractivity contribution in [3.8, 4) is 6.07 Å². The van der Waals surface area contributed by atoms with Gasteiger partial charge < -0.3 is 20.7 Å². The van der Waals surface area contributed by atoms with Gasteiger partial charge in [0.1, 0.15) is 17.2 Å². The number of rotatable bonds is 7. The molecule has 8 heteroatoms. The third-order valence-corrected chi connectivity index (χ3v) is 3.10. The Labute approximate surface area is 158 Å². The topological polar surface area (TPSA) is 120 Å². The third kappa shape index (κ3) is 8.54. The number of nitriles is 1. The van der Waals surface area contributed by atoms with E-state index in [1.807, 2.05) is 0 Å². The summed E-state index contributed by atoms with van der Waals surface area (Å²) in [6.07, 6.45) is 0.733. The minimum atomic E-state index is -0.583. The van der Waals surface area contributed by atoms with Crippen molar-refractivity contribution >= 4 is 23.5 Å². The lowest BCUT2D eigenvalue weighted by Crippen LogP contribution is -2.35. The van der Waals surface area contributed by atoms with E-state index in [9.17, 15) is 14.4 Å². The fraction of sp³-hybridized carbons (Fsp3) is 0.368. The highest BCUT2D eigenvalue weighted by molar-refractivity contribution is 6.06. The summed E-state index contributed by atoms with van der Waals surface area (Å²) in [6.45, 7) is 7.31. The maximum absolute atomic E-state index is 12.1. The van der Waals surface area contributed by atoms with Crippen LogP contribution in [0.4, 0.5) is 10.5 Å². The van der Waals surface area contributed by atoms with Gasteiger partial charge in [-0.1, -0.05) is 0 Å². The van der Waals surface area contributed by atoms with Crippen molar-refractivity contribution < 1.29 is 19.1 Å². The molecule has 0 aliphatic rings. The van der Waals surface area contributed by atoms with Gasteiger partial charge in [-0.25, -0.2) is 4.79 Å². The van der Waals surface area contributed by atoms with E-state index in [1.165, 1.54) is 13.1 Å². The minimum Gasteiger partial charge on any atom is -0.444 e. The van der Waals surface area contributed by atoms with E-state index in [2.05, 4.69) is 16.0 Å². The Balaban J connectivity index is 2.47. The van der Waals surface area contributed by atoms with E-state index in [0.29, 0.717) is 17.8 Å². The highest BCUT2D eigenvalue weighted by atomic mass is 16.6. The van der Waals surface area contributed by atoms with E-state index in [4.69, 9.17) is 10.00 Å². The average Bonchev–Trinajstić information content (AvgIpc) is 2.56. The molecule has 144 valence electrons. The van der Waals surface area contributed by atoms with E-state index in [1.54, 1.807) is 51.1 Å². The number of hydrogen-bond acceptors (Lipinski definition) is 6. The van der Waals surface area contributed by atoms with Gasteiger partial charge in [0.25, 0.3) is 5.91 Å². The molecule has 8 nitrogen and oxygen atoms in total. The summed E-state index contributed by atoms with van der Waals surface area (Å²) in [5, 5.41) is 17.0. The first-order chi connectivity index (χ1) is 12.6. The number of alkyl carbamates (subject to hydrolysis) is 1. The molecule has 0 aromatic heterocycles. The Hall–Kier alpha value is -3.34. The molecule has 1 rings (SSSR count). The first-order valence-electron chi connectivity index (χ1n) is 8.35. The molecular weight excluding hydrogens is 348 g/mol. The van der Waals surface area contributed by atoms with E-state index >= 15 is 0 Å². The number of amides is 2. The largest absolute Gasteiger partial charge is 0.444 e. The van der Waals surface area contributed by atoms with E-state index in [-0.39, 0.29) is 17.9 Å². The summed E-state index contributed by atoms with van der Waals surface area (Å²) in [5.41, 5.74) is 0.301. The highest BCUT2D eigenvalue weighted by Gasteiger charge is 2.15. The second-order valence-electron chi connectivity index (χ2n) is 6.64. The molecule has 1 aromatic carbocycles. The quantitative estimate of drug-likeness (QED) is 0.292. The summed E-state index contributed by atoms with van der Waals surface area (Å²) < 4.78 is 5.08. The predicted molar refractivity (Wildman–Crippen MR) is 101 cm³/mol. The molecule has 1 aromatic rings. The predicted octanol–water partition coefficient (Wildman–Crippen LogP) is 2.35. The van der Waals surface area contributed by atoms with Gasteiger partial charge in [-0.15, -0.1) is 0 Å². The van der Waals surface area contributed by atoms with E-state index < -0.39 is 17.6 Å². The van der Waals surface area contributed by atoms with Crippen LogP contribution in [-0.4, -0.2) is 36.5 Å². The Morgan fingerprint density at radius 1 is 1.15 bits per heavy atom. The van der Waals surface area contributed by atoms with Gasteiger partial charge in [-0.2, -0.15) is 5.26 Å². The van der Waals surface area contributed by atoms with Crippen LogP contribution in [0.5, 0.6) is 0 Å². The molecule has 27 heavy (non-hydrogen) atoms. The summed E-state index contributed by atoms with van der Waals surface area (Å²) in [5.74, 6) is -0.657. The molecule has 0 radical (unpaired) electrons. The van der Waals surface area contributed by atoms with Crippen molar-refractivity contribution in [3.63, 3.8) is 0 Å². The molecular formula is C19H24N4O4. The van der Waals surface area contributed by atoms with Gasteiger partial charge in [0.15, 0.2) is 5.78 Å². The number of ketones is 1. The van der Waals surface area contributed by atoms with Crippen LogP contribution in [0.1, 0.15) is 38.1 Å². The van der Waals surface area contributed by atoms with Gasteiger partial charge in [-0.3, -0.25) is 9.59 Å². The number of ether oxygens (including phenoxy) is 1. The fourth-order valence-electron chi connectivity index (χ4n) is 1.86. The molecule has 3 N–H and O–H groups in total. The molecule has 0 aliphatic carbocycles. The summed E-state index contributed by atoms with van der Waals surface area (Å²) in [6, 6.07) is 8.16. The Morgan fingerprint density at radius 3 is 2.30 bits per heavy atom. The zero-order valence-electron chi connectivity index (χ0n) is 15.9. The van der Waals surface area contributed by atoms with E-state index in [0.717, 1.165) is 0 Å². The lowest BCUT2D eigenvalue weighted by Gasteiger charge is -2.19. The normalized spacial score (nSPS) is 11.1. The molecule has 0 bridgehead atoms. The summed E-state index contributed by atoms with van der Waals surface area (Å²) >= 11 is 0. The number of carbonyl (C=O) groups is 3. The van der Waals surface area contributed by atoms with Crippen molar-refractivity contribution in [2.24, 2.45) is 0 Å². The second-order valence-corrected chi connectivity index (χ2v) is 6.64. The number of benzene rings is 1. The summed E-state index contributed by atoms with van der Waals surface area (Å²) in [4.78, 5) is 34.8. The summed E-state index contributed by atoms with van der Waals surface area (Å²) in [7, 11) is 0. The monoisotopic (exact) mass is 372 g/mol. The van der Waals surface area contributed by atoms with Crippen molar-refractivity contribution in [1.82, 2.24) is 10.6 Å². The van der Waals surface area contributed by atoms with Crippen molar-refractivity contribution in [2.75, 3.05) is 18.4 Å². The van der Waals surface area contributed by atoms with Crippen molar-refractivity contribution in [2.45, 2.75) is 33.3 Å². The highest BCUT2D eigenvalue weighted by Crippen LogP contribution is 2.11. The molecule has 0 spiro atoms. The van der Waals surface area contributed by atoms with Gasteiger partial charge in [-0.05, 0) is 52.0 Å². The number of hydrogen-bond donors (Lipinski definition) is 3. The minimum absolute atomic E-state index is 0.0744. The van der Waals surface area contributed by atoms with Crippen molar-refractivity contribution in [3.05, 3.63) is 41.6 Å². The Morgan fingerprint density at radius 2 is 1.78 bits per heavy atom. The molecule has 0 atom stereocenters. The lowest BCUT2D eigenvalue weighted by atomic mass is 10.1. The molecule has 0 aliphatic heterocycles. The molecule has 0 fully saturated rings. The zero-order valence-corrected chi connectivity index (χ0v) is 15.9. The lowest BCUT2D eigenvalue weighted by molar-refractivity contribution is -0.112. The van der Waals surface area contributed by atoms with Crippen LogP contribution in [0.2, 0.25) is 0 Å². The molecule has 2 amide bonds. The average molecular weight is 372 g/mol. The van der Waals surface area contributed by atoms with Crippen LogP contribution < -0.4 is 16.0 Å². The number of nitrogens with zero attached hydrogens (tertiary/aromatic N) is 1. The fourth-order valence-corrected chi connectivity index (χ4v) is 1.86. The number of nitrogens with one attached hydrogen (secondary N) is 3. The second kappa shape index (κ2) is 9.97. The SMILES string of the molecule is CC(=O)c1ccc(NC(=O)/C(C#N)=C\NCCNC(=O)OC(C)(C)C)cc1. The zero-order chi connectivity index (χ0) is 20.4. The number of anilines is 1. The maximum Gasteiger partial charge on any atom is 0.407 e. The number of carbonyl (C=O) groups excluding carboxylic acids is 3. The van der Waals surface area contributed by atoms with Crippen LogP contribution in [0, 0.1) is 11.3 Å². The van der Waals surface area contributed by atoms with Crippen LogP contribution in [0.15, 0.2) is 36.0 Å². The first-order valence-corrected chi connectivity index (χ1v) is 8.35. The molecule has 0 heterocycles. The maximum atomic E-state index is 12.1. The van der Waals surface area contributed by atoms with Crippen LogP contribution in [0.3, 0.4) is 0 Å². The number of Topliss-reactive ketones (excluding diaryl/α,β-unsaturated/α-hetero) is 1. The first kappa shape index (κ1) is 21.7. The van der Waals surface area contributed by atoms with Crippen molar-refractivity contribution in [1.29, 1.82) is 5.26 Å². The van der Waals surface area contributed by atoms with Gasteiger partial charge in [0.2, 0.25) is 0 Å². The smallest absolute Gasteiger partial charge is 0.407 e.